The molecule has 2 aliphatic carbocycles. The summed E-state index contributed by atoms with van der Waals surface area (Å²) in [5, 5.41) is 30.7. The number of benzene rings is 2. The Balaban J connectivity index is 1.51. The van der Waals surface area contributed by atoms with Crippen molar-refractivity contribution in [3.05, 3.63) is 58.4 Å². The first-order valence-corrected chi connectivity index (χ1v) is 16.1. The van der Waals surface area contributed by atoms with Gasteiger partial charge >= 0.3 is 0 Å². The van der Waals surface area contributed by atoms with Gasteiger partial charge in [0.2, 0.25) is 10.0 Å². The fourth-order valence-electron chi connectivity index (χ4n) is 5.62. The molecule has 2 bridgehead atoms. The van der Waals surface area contributed by atoms with Gasteiger partial charge in [-0.1, -0.05) is 11.6 Å². The summed E-state index contributed by atoms with van der Waals surface area (Å²) < 4.78 is 94.3. The summed E-state index contributed by atoms with van der Waals surface area (Å²) in [6.07, 6.45) is -0.654. The van der Waals surface area contributed by atoms with Crippen LogP contribution in [0.3, 0.4) is 0 Å². The van der Waals surface area contributed by atoms with Crippen LogP contribution in [0, 0.1) is 29.3 Å². The molecule has 4 rings (SSSR count). The molecule has 0 spiro atoms. The first kappa shape index (κ1) is 31.7. The van der Waals surface area contributed by atoms with E-state index in [1.807, 2.05) is 0 Å². The second-order valence-electron chi connectivity index (χ2n) is 10.4. The average molecular weight is 641 g/mol. The molecule has 3 unspecified atom stereocenters. The normalized spacial score (nSPS) is 25.2. The Bertz CT molecular complexity index is 1520. The highest BCUT2D eigenvalue weighted by Crippen LogP contribution is 2.52. The molecule has 0 aliphatic heterocycles. The molecule has 1 amide bonds. The van der Waals surface area contributed by atoms with Crippen LogP contribution >= 0.6 is 11.6 Å². The van der Waals surface area contributed by atoms with Crippen LogP contribution in [0.5, 0.6) is 0 Å². The Morgan fingerprint density at radius 1 is 1.05 bits per heavy atom. The standard InChI is InChI=1S/C25H28ClF3N2O8S2/c26-19-4-1-13(24(34)31-16-8-20(27)23(29)21(28)9-16)5-22(19)41(38,39)18-6-14-2-3-15(7-18)25(14,35)12-30-40(36,37)11-17(33)10-32/h1,4-5,8-9,14-15,17-18,30,32-33,35H,2-3,6-7,10-12H2,(H,31,34)/t14?,15?,17?,18-,25-. The summed E-state index contributed by atoms with van der Waals surface area (Å²) in [7, 11) is -8.21. The molecule has 226 valence electrons. The number of halogens is 4. The van der Waals surface area contributed by atoms with E-state index in [0.29, 0.717) is 25.0 Å². The molecule has 2 fully saturated rings. The molecule has 0 aromatic heterocycles. The number of aliphatic hydroxyl groups is 3. The summed E-state index contributed by atoms with van der Waals surface area (Å²) in [6, 6.07) is 4.54. The van der Waals surface area contributed by atoms with E-state index in [9.17, 15) is 45.0 Å². The minimum absolute atomic E-state index is 0.0167. The van der Waals surface area contributed by atoms with Crippen molar-refractivity contribution in [2.45, 2.75) is 47.5 Å². The zero-order valence-electron chi connectivity index (χ0n) is 21.4. The topological polar surface area (TPSA) is 170 Å². The lowest BCUT2D eigenvalue weighted by Gasteiger charge is -2.42. The Morgan fingerprint density at radius 3 is 2.20 bits per heavy atom. The molecule has 0 heterocycles. The predicted molar refractivity (Wildman–Crippen MR) is 142 cm³/mol. The number of amides is 1. The van der Waals surface area contributed by atoms with Crippen molar-refractivity contribution in [2.24, 2.45) is 11.8 Å². The van der Waals surface area contributed by atoms with Gasteiger partial charge in [-0.3, -0.25) is 4.79 Å². The summed E-state index contributed by atoms with van der Waals surface area (Å²) in [6.45, 7) is -1.15. The Kier molecular flexibility index (Phi) is 9.10. The van der Waals surface area contributed by atoms with E-state index in [-0.39, 0.29) is 28.3 Å². The van der Waals surface area contributed by atoms with Gasteiger partial charge in [0.15, 0.2) is 27.3 Å². The van der Waals surface area contributed by atoms with Gasteiger partial charge in [0.1, 0.15) is 0 Å². The lowest BCUT2D eigenvalue weighted by molar-refractivity contribution is -0.0526. The summed E-state index contributed by atoms with van der Waals surface area (Å²) >= 11 is 6.21. The monoisotopic (exact) mass is 640 g/mol. The average Bonchev–Trinajstić information content (AvgIpc) is 3.05. The van der Waals surface area contributed by atoms with Gasteiger partial charge in [-0.25, -0.2) is 34.7 Å². The van der Waals surface area contributed by atoms with Crippen molar-refractivity contribution in [1.29, 1.82) is 0 Å². The quantitative estimate of drug-likeness (QED) is 0.246. The van der Waals surface area contributed by atoms with E-state index < -0.39 is 96.6 Å². The number of aliphatic hydroxyl groups excluding tert-OH is 2. The van der Waals surface area contributed by atoms with E-state index in [4.69, 9.17) is 16.7 Å². The lowest BCUT2D eigenvalue weighted by Crippen LogP contribution is -2.55. The number of sulfone groups is 1. The third kappa shape index (κ3) is 6.55. The molecule has 0 radical (unpaired) electrons. The van der Waals surface area contributed by atoms with Crippen LogP contribution in [0.25, 0.3) is 0 Å². The maximum absolute atomic E-state index is 13.7. The molecule has 16 heteroatoms. The molecular formula is C25H28ClF3N2O8S2. The first-order valence-electron chi connectivity index (χ1n) is 12.6. The van der Waals surface area contributed by atoms with Gasteiger partial charge in [-0.15, -0.1) is 0 Å². The molecule has 2 aliphatic rings. The molecule has 5 N–H and O–H groups in total. The van der Waals surface area contributed by atoms with Crippen LogP contribution in [-0.4, -0.2) is 73.9 Å². The second-order valence-corrected chi connectivity index (χ2v) is 14.8. The van der Waals surface area contributed by atoms with Crippen molar-refractivity contribution in [3.63, 3.8) is 0 Å². The molecule has 2 saturated carbocycles. The Hall–Kier alpha value is -2.27. The minimum atomic E-state index is -4.17. The van der Waals surface area contributed by atoms with Crippen LogP contribution < -0.4 is 10.0 Å². The van der Waals surface area contributed by atoms with Gasteiger partial charge in [-0.2, -0.15) is 0 Å². The largest absolute Gasteiger partial charge is 0.394 e. The van der Waals surface area contributed by atoms with Gasteiger partial charge in [0.05, 0.1) is 39.2 Å². The number of rotatable bonds is 10. The van der Waals surface area contributed by atoms with Gasteiger partial charge in [0, 0.05) is 29.9 Å². The lowest BCUT2D eigenvalue weighted by atomic mass is 9.74. The highest BCUT2D eigenvalue weighted by molar-refractivity contribution is 7.92. The van der Waals surface area contributed by atoms with Gasteiger partial charge < -0.3 is 20.6 Å². The third-order valence-electron chi connectivity index (χ3n) is 7.75. The highest BCUT2D eigenvalue weighted by atomic mass is 35.5. The molecule has 3 atom stereocenters. The van der Waals surface area contributed by atoms with Crippen molar-refractivity contribution >= 4 is 43.1 Å². The van der Waals surface area contributed by atoms with Crippen molar-refractivity contribution < 1.29 is 50.1 Å². The number of carbonyl (C=O) groups is 1. The zero-order valence-corrected chi connectivity index (χ0v) is 23.7. The number of anilines is 1. The number of carbonyl (C=O) groups excluding carboxylic acids is 1. The number of hydrogen-bond acceptors (Lipinski definition) is 8. The fourth-order valence-corrected chi connectivity index (χ4v) is 9.20. The summed E-state index contributed by atoms with van der Waals surface area (Å²) in [4.78, 5) is 12.4. The maximum atomic E-state index is 13.7. The number of sulfonamides is 1. The number of nitrogens with one attached hydrogen (secondary N) is 2. The van der Waals surface area contributed by atoms with Crippen LogP contribution in [0.15, 0.2) is 35.2 Å². The summed E-state index contributed by atoms with van der Waals surface area (Å²) in [5.74, 6) is -7.63. The van der Waals surface area contributed by atoms with E-state index in [0.717, 1.165) is 6.07 Å². The molecule has 10 nitrogen and oxygen atoms in total. The van der Waals surface area contributed by atoms with Gasteiger partial charge in [-0.05, 0) is 55.7 Å². The Labute approximate surface area is 239 Å². The zero-order chi connectivity index (χ0) is 30.3. The number of hydrogen-bond donors (Lipinski definition) is 5. The van der Waals surface area contributed by atoms with Crippen molar-refractivity contribution in [2.75, 3.05) is 24.2 Å². The highest BCUT2D eigenvalue weighted by Gasteiger charge is 2.56. The number of fused-ring (bicyclic) bond motifs is 2. The third-order valence-corrected chi connectivity index (χ3v) is 11.8. The van der Waals surface area contributed by atoms with Crippen molar-refractivity contribution in [3.8, 4) is 0 Å². The minimum Gasteiger partial charge on any atom is -0.394 e. The summed E-state index contributed by atoms with van der Waals surface area (Å²) in [5.41, 5.74) is -2.13. The first-order chi connectivity index (χ1) is 19.1. The van der Waals surface area contributed by atoms with Crippen LogP contribution in [0.4, 0.5) is 18.9 Å². The molecule has 0 saturated heterocycles. The molecule has 2 aromatic carbocycles. The van der Waals surface area contributed by atoms with Crippen molar-refractivity contribution in [1.82, 2.24) is 4.72 Å². The maximum Gasteiger partial charge on any atom is 0.255 e. The van der Waals surface area contributed by atoms with E-state index in [1.54, 1.807) is 0 Å². The van der Waals surface area contributed by atoms with Crippen LogP contribution in [-0.2, 0) is 19.9 Å². The van der Waals surface area contributed by atoms with E-state index in [2.05, 4.69) is 10.0 Å². The SMILES string of the molecule is O=C(Nc1cc(F)c(F)c(F)c1)c1ccc(Cl)c(S(=O)(=O)[C@H]2CC3CCC(C2)[C@]3(O)CNS(=O)(=O)CC(O)CO)c1. The predicted octanol–water partition coefficient (Wildman–Crippen LogP) is 1.98. The van der Waals surface area contributed by atoms with E-state index >= 15 is 0 Å². The molecule has 2 aromatic rings. The van der Waals surface area contributed by atoms with Crippen LogP contribution in [0.1, 0.15) is 36.0 Å². The van der Waals surface area contributed by atoms with Crippen LogP contribution in [0.2, 0.25) is 5.02 Å². The van der Waals surface area contributed by atoms with Gasteiger partial charge in [0.25, 0.3) is 5.91 Å². The smallest absolute Gasteiger partial charge is 0.255 e. The fraction of sp³-hybridized carbons (Fsp3) is 0.480. The Morgan fingerprint density at radius 2 is 1.63 bits per heavy atom. The molecule has 41 heavy (non-hydrogen) atoms. The molecular weight excluding hydrogens is 613 g/mol. The van der Waals surface area contributed by atoms with E-state index in [1.165, 1.54) is 12.1 Å². The second kappa shape index (κ2) is 11.8.